The van der Waals surface area contributed by atoms with E-state index in [1.165, 1.54) is 0 Å². The van der Waals surface area contributed by atoms with E-state index in [9.17, 15) is 14.4 Å². The van der Waals surface area contributed by atoms with Crippen LogP contribution in [-0.4, -0.2) is 360 Å². The lowest BCUT2D eigenvalue weighted by Crippen LogP contribution is -2.54. The van der Waals surface area contributed by atoms with Crippen molar-refractivity contribution in [2.75, 3.05) is 324 Å². The van der Waals surface area contributed by atoms with Gasteiger partial charge < -0.3 is 130 Å². The highest BCUT2D eigenvalue weighted by Crippen LogP contribution is 2.10. The maximum absolute atomic E-state index is 13.0. The molecule has 0 unspecified atom stereocenters. The van der Waals surface area contributed by atoms with Gasteiger partial charge in [-0.2, -0.15) is 0 Å². The van der Waals surface area contributed by atoms with Crippen molar-refractivity contribution >= 4 is 17.6 Å². The molecule has 30 heteroatoms. The number of nitrogens with one attached hydrogen (secondary N) is 3. The van der Waals surface area contributed by atoms with Gasteiger partial charge in [-0.05, 0) is 18.8 Å². The fourth-order valence-electron chi connectivity index (χ4n) is 7.75. The van der Waals surface area contributed by atoms with Gasteiger partial charge in [0.05, 0.1) is 323 Å². The predicted molar refractivity (Wildman–Crippen MR) is 356 cm³/mol. The second-order valence-corrected chi connectivity index (χ2v) is 22.0. The lowest BCUT2D eigenvalue weighted by molar-refractivity contribution is -0.131. The van der Waals surface area contributed by atoms with Crippen LogP contribution in [0.1, 0.15) is 60.8 Å². The van der Waals surface area contributed by atoms with Crippen LogP contribution in [-0.2, 0) is 128 Å². The highest BCUT2D eigenvalue weighted by Gasteiger charge is 2.28. The van der Waals surface area contributed by atoms with Gasteiger partial charge in [0.25, 0.3) is 0 Å². The molecule has 0 fully saturated rings. The molecule has 2 atom stereocenters. The van der Waals surface area contributed by atoms with Gasteiger partial charge in [0, 0.05) is 32.0 Å². The summed E-state index contributed by atoms with van der Waals surface area (Å²) in [7, 11) is 1.64. The van der Waals surface area contributed by atoms with Gasteiger partial charge in [-0.3, -0.25) is 14.4 Å². The number of Topliss-reactive ketones (excluding diaryl/α,β-unsaturated/α-hetero) is 1. The summed E-state index contributed by atoms with van der Waals surface area (Å²) in [5.74, 6) is -0.485. The topological polar surface area (TPSA) is 309 Å². The molecule has 0 spiro atoms. The summed E-state index contributed by atoms with van der Waals surface area (Å²) in [6, 6.07) is -0.867. The van der Waals surface area contributed by atoms with E-state index in [1.54, 1.807) is 7.11 Å². The Morgan fingerprint density at radius 3 is 0.688 bits per heavy atom. The summed E-state index contributed by atoms with van der Waals surface area (Å²) in [5.41, 5.74) is 0. The number of ether oxygens (including phenoxy) is 24. The van der Waals surface area contributed by atoms with Crippen LogP contribution in [0.25, 0.3) is 0 Å². The second-order valence-electron chi connectivity index (χ2n) is 22.0. The van der Waals surface area contributed by atoms with Crippen LogP contribution in [0.2, 0.25) is 0 Å². The molecule has 0 rings (SSSR count). The van der Waals surface area contributed by atoms with Gasteiger partial charge in [-0.25, -0.2) is 0 Å². The Bertz CT molecular complexity index is 1590. The molecule has 0 radical (unpaired) electrons. The third kappa shape index (κ3) is 72.8. The maximum Gasteiger partial charge on any atom is 0.237 e. The molecule has 0 aliphatic rings. The van der Waals surface area contributed by atoms with E-state index in [4.69, 9.17) is 114 Å². The van der Waals surface area contributed by atoms with Gasteiger partial charge in [0.2, 0.25) is 11.8 Å². The molecule has 3 N–H and O–H groups in total. The van der Waals surface area contributed by atoms with Crippen molar-refractivity contribution < 1.29 is 128 Å². The van der Waals surface area contributed by atoms with Crippen LogP contribution in [0.4, 0.5) is 0 Å². The average Bonchev–Trinajstić information content (AvgIpc) is 1.01. The molecule has 2 amide bonds. The standard InChI is InChI=1S/C66H131N3O27/c1-59(2)64(68-61(5)6)66(72)69-62(65(71)60(3)4)9-8-11-67-63(70)10-12-74-15-16-76-19-20-78-23-24-80-27-28-82-31-32-84-35-36-86-39-40-88-43-44-90-47-48-92-51-52-94-55-56-96-58-57-95-54-53-93-50-49-91-46-45-89-42-41-87-38-37-85-34-33-83-30-29-81-26-25-79-22-21-77-18-17-75-14-13-73-7/h59-62,64,68H,8-58H2,1-7H3,(H,67,70)(H,69,72)/t62-,64-/m0/s1. The van der Waals surface area contributed by atoms with Crippen molar-refractivity contribution in [2.24, 2.45) is 11.8 Å². The number of rotatable bonds is 83. The Hall–Kier alpha value is -2.39. The first kappa shape index (κ1) is 93.6. The van der Waals surface area contributed by atoms with E-state index in [2.05, 4.69) is 16.0 Å². The summed E-state index contributed by atoms with van der Waals surface area (Å²) in [6.07, 6.45) is 1.22. The summed E-state index contributed by atoms with van der Waals surface area (Å²) >= 11 is 0. The fraction of sp³-hybridized carbons (Fsp3) is 0.955. The predicted octanol–water partition coefficient (Wildman–Crippen LogP) is 2.03. The molecule has 0 saturated heterocycles. The molecular formula is C66H131N3O27. The number of hydrogen-bond donors (Lipinski definition) is 3. The Morgan fingerprint density at radius 2 is 0.500 bits per heavy atom. The molecule has 0 saturated carbocycles. The maximum atomic E-state index is 13.0. The number of carbonyl (C=O) groups excluding carboxylic acids is 3. The van der Waals surface area contributed by atoms with Crippen molar-refractivity contribution in [3.8, 4) is 0 Å². The van der Waals surface area contributed by atoms with Gasteiger partial charge >= 0.3 is 0 Å². The molecule has 0 aromatic carbocycles. The minimum absolute atomic E-state index is 0.0180. The van der Waals surface area contributed by atoms with Gasteiger partial charge in [-0.1, -0.05) is 41.5 Å². The summed E-state index contributed by atoms with van der Waals surface area (Å²) in [6.45, 7) is 34.3. The summed E-state index contributed by atoms with van der Waals surface area (Å²) < 4.78 is 132. The van der Waals surface area contributed by atoms with Crippen LogP contribution in [0, 0.1) is 11.8 Å². The Kier molecular flexibility index (Phi) is 76.4. The number of carbonyl (C=O) groups is 3. The third-order valence-corrected chi connectivity index (χ3v) is 12.8. The average molecular weight is 1400 g/mol. The first-order valence-electron chi connectivity index (χ1n) is 34.7. The molecule has 0 aliphatic carbocycles. The first-order valence-corrected chi connectivity index (χ1v) is 34.7. The van der Waals surface area contributed by atoms with Gasteiger partial charge in [-0.15, -0.1) is 0 Å². The quantitative estimate of drug-likeness (QED) is 0.0734. The third-order valence-electron chi connectivity index (χ3n) is 12.8. The van der Waals surface area contributed by atoms with Gasteiger partial charge in [0.15, 0.2) is 5.78 Å². The van der Waals surface area contributed by atoms with E-state index < -0.39 is 12.1 Å². The molecule has 572 valence electrons. The van der Waals surface area contributed by atoms with Crippen molar-refractivity contribution in [2.45, 2.75) is 78.9 Å². The first-order chi connectivity index (χ1) is 47.1. The Balaban J connectivity index is 3.25. The highest BCUT2D eigenvalue weighted by molar-refractivity contribution is 5.91. The lowest BCUT2D eigenvalue weighted by Gasteiger charge is -2.27. The van der Waals surface area contributed by atoms with Crippen LogP contribution in [0.15, 0.2) is 0 Å². The van der Waals surface area contributed by atoms with Crippen LogP contribution in [0.3, 0.4) is 0 Å². The van der Waals surface area contributed by atoms with Crippen LogP contribution in [0.5, 0.6) is 0 Å². The molecule has 0 aliphatic heterocycles. The summed E-state index contributed by atoms with van der Waals surface area (Å²) in [5, 5.41) is 9.10. The molecule has 30 nitrogen and oxygen atoms in total. The minimum Gasteiger partial charge on any atom is -0.382 e. The zero-order valence-electron chi connectivity index (χ0n) is 60.0. The zero-order chi connectivity index (χ0) is 69.8. The van der Waals surface area contributed by atoms with Crippen molar-refractivity contribution in [3.63, 3.8) is 0 Å². The monoisotopic (exact) mass is 1400 g/mol. The van der Waals surface area contributed by atoms with E-state index >= 15 is 0 Å². The molecule has 96 heavy (non-hydrogen) atoms. The smallest absolute Gasteiger partial charge is 0.237 e. The molecule has 0 aromatic heterocycles. The number of ketones is 1. The Labute approximate surface area is 574 Å². The molecule has 0 heterocycles. The van der Waals surface area contributed by atoms with Crippen molar-refractivity contribution in [3.05, 3.63) is 0 Å². The van der Waals surface area contributed by atoms with E-state index in [1.807, 2.05) is 41.5 Å². The molecular weight excluding hydrogens is 1270 g/mol. The summed E-state index contributed by atoms with van der Waals surface area (Å²) in [4.78, 5) is 38.2. The molecule has 0 aromatic rings. The number of methoxy groups -OCH3 is 1. The van der Waals surface area contributed by atoms with Crippen LogP contribution < -0.4 is 16.0 Å². The van der Waals surface area contributed by atoms with E-state index in [0.29, 0.717) is 323 Å². The number of hydrogen-bond acceptors (Lipinski definition) is 28. The fourth-order valence-corrected chi connectivity index (χ4v) is 7.75. The second kappa shape index (κ2) is 78.3. The van der Waals surface area contributed by atoms with Crippen LogP contribution >= 0.6 is 0 Å². The normalized spacial score (nSPS) is 12.5. The molecule has 0 bridgehead atoms. The van der Waals surface area contributed by atoms with Crippen molar-refractivity contribution in [1.82, 2.24) is 16.0 Å². The SMILES string of the molecule is COCCOCCOCCOCCOCCOCCOCCOCCOCCOCCOCCOCCOCCOCCOCCOCCOCCOCCOCCOCCOCCOCCOCCOCCC(=O)NCCC[C@H](NC(=O)[C@@H](NC(C)C)C(C)C)C(=O)C(C)C. The Morgan fingerprint density at radius 1 is 0.292 bits per heavy atom. The van der Waals surface area contributed by atoms with E-state index in [0.717, 1.165) is 0 Å². The largest absolute Gasteiger partial charge is 0.382 e. The highest BCUT2D eigenvalue weighted by atomic mass is 16.6. The van der Waals surface area contributed by atoms with Gasteiger partial charge in [0.1, 0.15) is 0 Å². The zero-order valence-corrected chi connectivity index (χ0v) is 60.0. The lowest BCUT2D eigenvalue weighted by atomic mass is 9.96. The van der Waals surface area contributed by atoms with E-state index in [-0.39, 0.29) is 48.5 Å². The van der Waals surface area contributed by atoms with Crippen molar-refractivity contribution in [1.29, 1.82) is 0 Å². The number of amides is 2. The minimum atomic E-state index is -0.602.